The van der Waals surface area contributed by atoms with Crippen molar-refractivity contribution in [3.05, 3.63) is 29.0 Å². The molecule has 0 aliphatic rings. The lowest BCUT2D eigenvalue weighted by Gasteiger charge is -2.17. The fraction of sp³-hybridized carbons (Fsp3) is 0.385. The second kappa shape index (κ2) is 7.55. The molecule has 0 heterocycles. The van der Waals surface area contributed by atoms with Gasteiger partial charge in [-0.2, -0.15) is 0 Å². The van der Waals surface area contributed by atoms with Crippen molar-refractivity contribution in [1.82, 2.24) is 5.32 Å². The van der Waals surface area contributed by atoms with Gasteiger partial charge in [0.1, 0.15) is 21.7 Å². The number of carbonyl (C=O) groups excluding carboxylic acids is 2. The molecule has 0 radical (unpaired) electrons. The lowest BCUT2D eigenvalue weighted by atomic mass is 10.2. The molecule has 0 fully saturated rings. The predicted molar refractivity (Wildman–Crippen MR) is 82.0 cm³/mol. The normalized spacial score (nSPS) is 12.5. The van der Waals surface area contributed by atoms with Crippen LogP contribution in [0.2, 0.25) is 5.02 Å². The number of carbonyl (C=O) groups is 2. The van der Waals surface area contributed by atoms with Crippen molar-refractivity contribution in [2.24, 2.45) is 0 Å². The Balaban J connectivity index is 2.81. The minimum absolute atomic E-state index is 0.0703. The molecule has 1 rings (SSSR count). The molecule has 0 aromatic heterocycles. The molecule has 6 nitrogen and oxygen atoms in total. The second-order valence-electron chi connectivity index (χ2n) is 4.79. The molecule has 0 aliphatic carbocycles. The van der Waals surface area contributed by atoms with Crippen molar-refractivity contribution < 1.29 is 22.4 Å². The van der Waals surface area contributed by atoms with E-state index in [1.54, 1.807) is 0 Å². The molecule has 0 spiro atoms. The molecule has 1 atom stereocenters. The Morgan fingerprint density at radius 2 is 2.00 bits per heavy atom. The molecule has 0 aliphatic heterocycles. The van der Waals surface area contributed by atoms with Crippen LogP contribution in [0.15, 0.2) is 18.2 Å². The summed E-state index contributed by atoms with van der Waals surface area (Å²) in [4.78, 5) is 23.2. The number of sulfone groups is 1. The highest BCUT2D eigenvalue weighted by Crippen LogP contribution is 2.19. The van der Waals surface area contributed by atoms with E-state index in [0.717, 1.165) is 12.3 Å². The maximum atomic E-state index is 13.1. The minimum atomic E-state index is -3.28. The summed E-state index contributed by atoms with van der Waals surface area (Å²) in [5, 5.41) is 4.67. The van der Waals surface area contributed by atoms with Gasteiger partial charge >= 0.3 is 0 Å². The molecular weight excluding hydrogens is 335 g/mol. The average Bonchev–Trinajstić information content (AvgIpc) is 2.37. The standard InChI is InChI=1S/C13H16ClFN2O4S/c1-8(18)16-12(5-6-22(2,20)21)13(19)17-9-3-4-11(15)10(14)7-9/h3-4,7,12H,5-6H2,1-2H3,(H,16,18)(H,17,19)/t12-/m0/s1. The van der Waals surface area contributed by atoms with Crippen molar-refractivity contribution in [3.63, 3.8) is 0 Å². The number of halogens is 2. The van der Waals surface area contributed by atoms with Crippen molar-refractivity contribution in [2.45, 2.75) is 19.4 Å². The number of amides is 2. The molecule has 0 bridgehead atoms. The Kier molecular flexibility index (Phi) is 6.31. The number of hydrogen-bond donors (Lipinski definition) is 2. The zero-order valence-electron chi connectivity index (χ0n) is 12.0. The van der Waals surface area contributed by atoms with Crippen LogP contribution in [0.4, 0.5) is 10.1 Å². The fourth-order valence-corrected chi connectivity index (χ4v) is 2.49. The van der Waals surface area contributed by atoms with Crippen LogP contribution in [0.5, 0.6) is 0 Å². The van der Waals surface area contributed by atoms with E-state index in [2.05, 4.69) is 10.6 Å². The van der Waals surface area contributed by atoms with E-state index in [1.807, 2.05) is 0 Å². The molecule has 9 heteroatoms. The quantitative estimate of drug-likeness (QED) is 0.810. The monoisotopic (exact) mass is 350 g/mol. The van der Waals surface area contributed by atoms with E-state index < -0.39 is 33.5 Å². The molecule has 2 N–H and O–H groups in total. The zero-order chi connectivity index (χ0) is 16.9. The molecule has 0 unspecified atom stereocenters. The molecule has 0 saturated heterocycles. The van der Waals surface area contributed by atoms with E-state index >= 15 is 0 Å². The van der Waals surface area contributed by atoms with Crippen LogP contribution in [0.1, 0.15) is 13.3 Å². The van der Waals surface area contributed by atoms with Gasteiger partial charge in [-0.05, 0) is 24.6 Å². The fourth-order valence-electron chi connectivity index (χ4n) is 1.65. The Labute approximate surface area is 133 Å². The number of anilines is 1. The Bertz CT molecular complexity index is 679. The lowest BCUT2D eigenvalue weighted by molar-refractivity contribution is -0.125. The van der Waals surface area contributed by atoms with Crippen molar-refractivity contribution >= 4 is 38.9 Å². The highest BCUT2D eigenvalue weighted by atomic mass is 35.5. The van der Waals surface area contributed by atoms with Crippen LogP contribution in [-0.2, 0) is 19.4 Å². The van der Waals surface area contributed by atoms with Crippen LogP contribution in [0.25, 0.3) is 0 Å². The Morgan fingerprint density at radius 3 is 2.50 bits per heavy atom. The highest BCUT2D eigenvalue weighted by Gasteiger charge is 2.21. The maximum absolute atomic E-state index is 13.1. The van der Waals surface area contributed by atoms with E-state index in [1.165, 1.54) is 19.1 Å². The highest BCUT2D eigenvalue weighted by molar-refractivity contribution is 7.90. The van der Waals surface area contributed by atoms with E-state index in [4.69, 9.17) is 11.6 Å². The van der Waals surface area contributed by atoms with Gasteiger partial charge in [0.05, 0.1) is 10.8 Å². The predicted octanol–water partition coefficient (Wildman–Crippen LogP) is 1.36. The lowest BCUT2D eigenvalue weighted by Crippen LogP contribution is -2.43. The van der Waals surface area contributed by atoms with Crippen LogP contribution >= 0.6 is 11.6 Å². The van der Waals surface area contributed by atoms with Crippen LogP contribution in [-0.4, -0.2) is 38.3 Å². The van der Waals surface area contributed by atoms with Gasteiger partial charge in [0, 0.05) is 18.9 Å². The minimum Gasteiger partial charge on any atom is -0.345 e. The Morgan fingerprint density at radius 1 is 1.36 bits per heavy atom. The first-order chi connectivity index (χ1) is 10.1. The summed E-state index contributed by atoms with van der Waals surface area (Å²) in [6.07, 6.45) is 0.967. The zero-order valence-corrected chi connectivity index (χ0v) is 13.6. The van der Waals surface area contributed by atoms with Gasteiger partial charge in [-0.3, -0.25) is 9.59 Å². The second-order valence-corrected chi connectivity index (χ2v) is 7.46. The van der Waals surface area contributed by atoms with Crippen molar-refractivity contribution in [2.75, 3.05) is 17.3 Å². The van der Waals surface area contributed by atoms with E-state index in [9.17, 15) is 22.4 Å². The van der Waals surface area contributed by atoms with Gasteiger partial charge in [-0.25, -0.2) is 12.8 Å². The molecule has 22 heavy (non-hydrogen) atoms. The van der Waals surface area contributed by atoms with Gasteiger partial charge in [0.25, 0.3) is 0 Å². The third kappa shape index (κ3) is 6.40. The van der Waals surface area contributed by atoms with Crippen LogP contribution in [0.3, 0.4) is 0 Å². The van der Waals surface area contributed by atoms with E-state index in [-0.39, 0.29) is 22.9 Å². The largest absolute Gasteiger partial charge is 0.345 e. The van der Waals surface area contributed by atoms with Crippen molar-refractivity contribution in [3.8, 4) is 0 Å². The first kappa shape index (κ1) is 18.4. The Hall–Kier alpha value is -1.67. The van der Waals surface area contributed by atoms with Crippen LogP contribution < -0.4 is 10.6 Å². The van der Waals surface area contributed by atoms with Crippen LogP contribution in [0, 0.1) is 5.82 Å². The van der Waals surface area contributed by atoms with Gasteiger partial charge in [-0.15, -0.1) is 0 Å². The van der Waals surface area contributed by atoms with Gasteiger partial charge in [0.2, 0.25) is 11.8 Å². The summed E-state index contributed by atoms with van der Waals surface area (Å²) >= 11 is 5.61. The molecular formula is C13H16ClFN2O4S. The summed E-state index contributed by atoms with van der Waals surface area (Å²) in [6.45, 7) is 1.22. The molecule has 1 aromatic rings. The molecule has 0 saturated carbocycles. The molecule has 122 valence electrons. The third-order valence-corrected chi connectivity index (χ3v) is 3.93. The number of nitrogens with one attached hydrogen (secondary N) is 2. The third-order valence-electron chi connectivity index (χ3n) is 2.66. The summed E-state index contributed by atoms with van der Waals surface area (Å²) in [7, 11) is -3.28. The first-order valence-electron chi connectivity index (χ1n) is 6.29. The van der Waals surface area contributed by atoms with E-state index in [0.29, 0.717) is 0 Å². The maximum Gasteiger partial charge on any atom is 0.246 e. The smallest absolute Gasteiger partial charge is 0.246 e. The van der Waals surface area contributed by atoms with Gasteiger partial charge in [0.15, 0.2) is 0 Å². The summed E-state index contributed by atoms with van der Waals surface area (Å²) in [5.74, 6) is -1.96. The SMILES string of the molecule is CC(=O)N[C@@H](CCS(C)(=O)=O)C(=O)Nc1ccc(F)c(Cl)c1. The number of benzene rings is 1. The topological polar surface area (TPSA) is 92.3 Å². The number of hydrogen-bond acceptors (Lipinski definition) is 4. The first-order valence-corrected chi connectivity index (χ1v) is 8.73. The summed E-state index contributed by atoms with van der Waals surface area (Å²) in [5.41, 5.74) is 0.242. The molecule has 1 aromatic carbocycles. The summed E-state index contributed by atoms with van der Waals surface area (Å²) in [6, 6.07) is 2.59. The summed E-state index contributed by atoms with van der Waals surface area (Å²) < 4.78 is 35.4. The molecule has 2 amide bonds. The number of rotatable bonds is 6. The van der Waals surface area contributed by atoms with Gasteiger partial charge in [-0.1, -0.05) is 11.6 Å². The van der Waals surface area contributed by atoms with Crippen molar-refractivity contribution in [1.29, 1.82) is 0 Å². The van der Waals surface area contributed by atoms with Gasteiger partial charge < -0.3 is 10.6 Å². The average molecular weight is 351 g/mol.